The summed E-state index contributed by atoms with van der Waals surface area (Å²) in [4.78, 5) is 16.1. The molecule has 1 rings (SSSR count). The SMILES string of the molecule is Cc1cc(NC(C)C(=O)NC(C)C)c(C#N)c(C)n1. The summed E-state index contributed by atoms with van der Waals surface area (Å²) >= 11 is 0. The van der Waals surface area contributed by atoms with Crippen molar-refractivity contribution in [3.8, 4) is 6.07 Å². The van der Waals surface area contributed by atoms with Gasteiger partial charge in [0.15, 0.2) is 0 Å². The van der Waals surface area contributed by atoms with Crippen molar-refractivity contribution in [2.45, 2.75) is 46.7 Å². The zero-order valence-electron chi connectivity index (χ0n) is 12.0. The molecule has 19 heavy (non-hydrogen) atoms. The summed E-state index contributed by atoms with van der Waals surface area (Å²) in [6.45, 7) is 9.23. The third kappa shape index (κ3) is 3.95. The standard InChI is InChI=1S/C14H20N4O/c1-8(2)16-14(19)11(5)18-13-6-9(3)17-10(4)12(13)7-15/h6,8,11H,1-5H3,(H,16,19)(H,17,18). The quantitative estimate of drug-likeness (QED) is 0.866. The van der Waals surface area contributed by atoms with Gasteiger partial charge in [-0.05, 0) is 40.7 Å². The summed E-state index contributed by atoms with van der Waals surface area (Å²) < 4.78 is 0. The molecule has 0 aliphatic carbocycles. The number of nitrogens with one attached hydrogen (secondary N) is 2. The van der Waals surface area contributed by atoms with Crippen LogP contribution in [0.5, 0.6) is 0 Å². The lowest BCUT2D eigenvalue weighted by Gasteiger charge is -2.18. The van der Waals surface area contributed by atoms with Gasteiger partial charge in [-0.25, -0.2) is 0 Å². The first kappa shape index (κ1) is 15.0. The van der Waals surface area contributed by atoms with E-state index in [1.165, 1.54) is 0 Å². The van der Waals surface area contributed by atoms with E-state index in [2.05, 4.69) is 21.7 Å². The van der Waals surface area contributed by atoms with E-state index in [1.807, 2.05) is 20.8 Å². The van der Waals surface area contributed by atoms with Gasteiger partial charge in [-0.15, -0.1) is 0 Å². The lowest BCUT2D eigenvalue weighted by atomic mass is 10.1. The highest BCUT2D eigenvalue weighted by Gasteiger charge is 2.16. The Labute approximate surface area is 114 Å². The van der Waals surface area contributed by atoms with Crippen LogP contribution in [0.1, 0.15) is 37.7 Å². The van der Waals surface area contributed by atoms with Gasteiger partial charge in [0, 0.05) is 11.7 Å². The van der Waals surface area contributed by atoms with Crippen molar-refractivity contribution < 1.29 is 4.79 Å². The minimum absolute atomic E-state index is 0.0908. The Bertz CT molecular complexity index is 517. The molecule has 0 saturated carbocycles. The average molecular weight is 260 g/mol. The van der Waals surface area contributed by atoms with Crippen molar-refractivity contribution in [2.75, 3.05) is 5.32 Å². The largest absolute Gasteiger partial charge is 0.373 e. The Morgan fingerprint density at radius 1 is 1.37 bits per heavy atom. The van der Waals surface area contributed by atoms with Gasteiger partial charge in [-0.3, -0.25) is 9.78 Å². The maximum atomic E-state index is 11.9. The Hall–Kier alpha value is -2.09. The third-order valence-corrected chi connectivity index (χ3v) is 2.64. The molecule has 0 saturated heterocycles. The number of aryl methyl sites for hydroxylation is 2. The predicted molar refractivity (Wildman–Crippen MR) is 74.8 cm³/mol. The molecule has 1 unspecified atom stereocenters. The Morgan fingerprint density at radius 3 is 2.53 bits per heavy atom. The van der Waals surface area contributed by atoms with Crippen molar-refractivity contribution in [1.29, 1.82) is 5.26 Å². The van der Waals surface area contributed by atoms with E-state index in [-0.39, 0.29) is 11.9 Å². The Balaban J connectivity index is 2.94. The van der Waals surface area contributed by atoms with Crippen LogP contribution in [0.25, 0.3) is 0 Å². The summed E-state index contributed by atoms with van der Waals surface area (Å²) in [5.41, 5.74) is 2.62. The molecular weight excluding hydrogens is 240 g/mol. The minimum Gasteiger partial charge on any atom is -0.373 e. The summed E-state index contributed by atoms with van der Waals surface area (Å²) in [7, 11) is 0. The van der Waals surface area contributed by atoms with Crippen LogP contribution in [0.3, 0.4) is 0 Å². The topological polar surface area (TPSA) is 77.8 Å². The number of anilines is 1. The number of nitriles is 1. The molecule has 0 aliphatic rings. The number of carbonyl (C=O) groups excluding carboxylic acids is 1. The minimum atomic E-state index is -0.407. The molecule has 0 aromatic carbocycles. The Kier molecular flexibility index (Phi) is 4.87. The van der Waals surface area contributed by atoms with E-state index in [1.54, 1.807) is 19.9 Å². The van der Waals surface area contributed by atoms with E-state index in [4.69, 9.17) is 5.26 Å². The van der Waals surface area contributed by atoms with Gasteiger partial charge in [-0.1, -0.05) is 0 Å². The zero-order chi connectivity index (χ0) is 14.6. The lowest BCUT2D eigenvalue weighted by Crippen LogP contribution is -2.41. The number of hydrogen-bond acceptors (Lipinski definition) is 4. The van der Waals surface area contributed by atoms with Gasteiger partial charge in [0.25, 0.3) is 0 Å². The fourth-order valence-corrected chi connectivity index (χ4v) is 1.79. The first-order valence-corrected chi connectivity index (χ1v) is 6.30. The van der Waals surface area contributed by atoms with Crippen LogP contribution >= 0.6 is 0 Å². The molecule has 1 atom stereocenters. The van der Waals surface area contributed by atoms with Crippen molar-refractivity contribution in [3.63, 3.8) is 0 Å². The molecule has 1 amide bonds. The van der Waals surface area contributed by atoms with Crippen LogP contribution in [-0.2, 0) is 4.79 Å². The van der Waals surface area contributed by atoms with Crippen LogP contribution < -0.4 is 10.6 Å². The normalized spacial score (nSPS) is 11.8. The highest BCUT2D eigenvalue weighted by molar-refractivity contribution is 5.85. The monoisotopic (exact) mass is 260 g/mol. The number of aromatic nitrogens is 1. The number of carbonyl (C=O) groups is 1. The molecule has 1 aromatic rings. The van der Waals surface area contributed by atoms with Crippen LogP contribution in [0, 0.1) is 25.2 Å². The lowest BCUT2D eigenvalue weighted by molar-refractivity contribution is -0.122. The molecule has 5 heteroatoms. The molecular formula is C14H20N4O. The smallest absolute Gasteiger partial charge is 0.242 e. The molecule has 102 valence electrons. The van der Waals surface area contributed by atoms with E-state index < -0.39 is 6.04 Å². The fraction of sp³-hybridized carbons (Fsp3) is 0.500. The number of nitrogens with zero attached hydrogens (tertiary/aromatic N) is 2. The van der Waals surface area contributed by atoms with Crippen LogP contribution in [0.15, 0.2) is 6.07 Å². The van der Waals surface area contributed by atoms with Crippen LogP contribution in [0.4, 0.5) is 5.69 Å². The number of pyridine rings is 1. The van der Waals surface area contributed by atoms with E-state index in [0.29, 0.717) is 16.9 Å². The van der Waals surface area contributed by atoms with Crippen LogP contribution in [-0.4, -0.2) is 23.0 Å². The molecule has 1 heterocycles. The number of hydrogen-bond donors (Lipinski definition) is 2. The van der Waals surface area contributed by atoms with Gasteiger partial charge < -0.3 is 10.6 Å². The van der Waals surface area contributed by atoms with Gasteiger partial charge in [0.05, 0.1) is 16.9 Å². The van der Waals surface area contributed by atoms with E-state index >= 15 is 0 Å². The fourth-order valence-electron chi connectivity index (χ4n) is 1.79. The summed E-state index contributed by atoms with van der Waals surface area (Å²) in [5, 5.41) is 15.1. The van der Waals surface area contributed by atoms with Crippen molar-refractivity contribution in [2.24, 2.45) is 0 Å². The first-order valence-electron chi connectivity index (χ1n) is 6.30. The Morgan fingerprint density at radius 2 is 2.00 bits per heavy atom. The number of amides is 1. The molecule has 0 spiro atoms. The van der Waals surface area contributed by atoms with Crippen molar-refractivity contribution in [1.82, 2.24) is 10.3 Å². The second-order valence-corrected chi connectivity index (χ2v) is 4.91. The molecule has 0 aliphatic heterocycles. The molecule has 5 nitrogen and oxygen atoms in total. The van der Waals surface area contributed by atoms with Crippen molar-refractivity contribution >= 4 is 11.6 Å². The maximum Gasteiger partial charge on any atom is 0.242 e. The average Bonchev–Trinajstić information content (AvgIpc) is 2.27. The van der Waals surface area contributed by atoms with E-state index in [0.717, 1.165) is 5.69 Å². The highest BCUT2D eigenvalue weighted by atomic mass is 16.2. The predicted octanol–water partition coefficient (Wildman–Crippen LogP) is 1.90. The van der Waals surface area contributed by atoms with Gasteiger partial charge in [-0.2, -0.15) is 5.26 Å². The van der Waals surface area contributed by atoms with Gasteiger partial charge in [0.2, 0.25) is 5.91 Å². The second-order valence-electron chi connectivity index (χ2n) is 4.91. The second kappa shape index (κ2) is 6.19. The summed E-state index contributed by atoms with van der Waals surface area (Å²) in [6.07, 6.45) is 0. The van der Waals surface area contributed by atoms with Crippen LogP contribution in [0.2, 0.25) is 0 Å². The van der Waals surface area contributed by atoms with E-state index in [9.17, 15) is 4.79 Å². The molecule has 1 aromatic heterocycles. The summed E-state index contributed by atoms with van der Waals surface area (Å²) in [6, 6.07) is 3.59. The summed E-state index contributed by atoms with van der Waals surface area (Å²) in [5.74, 6) is -0.0917. The number of rotatable bonds is 4. The third-order valence-electron chi connectivity index (χ3n) is 2.64. The zero-order valence-corrected chi connectivity index (χ0v) is 12.0. The maximum absolute atomic E-state index is 11.9. The molecule has 0 radical (unpaired) electrons. The van der Waals surface area contributed by atoms with Gasteiger partial charge >= 0.3 is 0 Å². The van der Waals surface area contributed by atoms with Gasteiger partial charge in [0.1, 0.15) is 12.1 Å². The van der Waals surface area contributed by atoms with Crippen molar-refractivity contribution in [3.05, 3.63) is 23.0 Å². The molecule has 2 N–H and O–H groups in total. The first-order chi connectivity index (χ1) is 8.85. The molecule has 0 fully saturated rings. The molecule has 0 bridgehead atoms. The highest BCUT2D eigenvalue weighted by Crippen LogP contribution is 2.19.